The molecule has 2 rings (SSSR count). The molecule has 1 aliphatic heterocycles. The number of carbonyl (C=O) groups is 1. The van der Waals surface area contributed by atoms with Gasteiger partial charge in [0.25, 0.3) is 5.91 Å². The van der Waals surface area contributed by atoms with E-state index in [1.165, 1.54) is 0 Å². The van der Waals surface area contributed by atoms with Crippen molar-refractivity contribution in [2.75, 3.05) is 13.1 Å². The van der Waals surface area contributed by atoms with Crippen LogP contribution in [-0.4, -0.2) is 38.7 Å². The number of fused-ring (bicyclic) bond motifs is 1. The van der Waals surface area contributed by atoms with Gasteiger partial charge in [0.05, 0.1) is 0 Å². The zero-order valence-corrected chi connectivity index (χ0v) is 8.78. The lowest BCUT2D eigenvalue weighted by Gasteiger charge is -2.25. The van der Waals surface area contributed by atoms with E-state index in [0.29, 0.717) is 10.6 Å². The molecule has 1 aromatic rings. The molecule has 0 bridgehead atoms. The van der Waals surface area contributed by atoms with Crippen molar-refractivity contribution in [3.05, 3.63) is 10.6 Å². The van der Waals surface area contributed by atoms with Gasteiger partial charge >= 0.3 is 0 Å². The zero-order valence-electron chi connectivity index (χ0n) is 7.20. The summed E-state index contributed by atoms with van der Waals surface area (Å²) in [5, 5.41) is 7.61. The maximum atomic E-state index is 11.6. The Labute approximate surface area is 83.9 Å². The van der Waals surface area contributed by atoms with Crippen molar-refractivity contribution in [3.63, 3.8) is 0 Å². The summed E-state index contributed by atoms with van der Waals surface area (Å²) in [6, 6.07) is 0. The Morgan fingerprint density at radius 3 is 2.92 bits per heavy atom. The molecule has 13 heavy (non-hydrogen) atoms. The molecular formula is C7H9BrN4O. The molecule has 5 nitrogen and oxygen atoms in total. The predicted octanol–water partition coefficient (Wildman–Crippen LogP) is 0.516. The van der Waals surface area contributed by atoms with Crippen LogP contribution in [0.3, 0.4) is 0 Å². The second-order valence-corrected chi connectivity index (χ2v) is 3.54. The van der Waals surface area contributed by atoms with E-state index in [9.17, 15) is 4.79 Å². The molecule has 1 aliphatic rings. The van der Waals surface area contributed by atoms with Crippen molar-refractivity contribution in [1.82, 2.24) is 19.7 Å². The molecule has 0 unspecified atom stereocenters. The van der Waals surface area contributed by atoms with Crippen molar-refractivity contribution in [3.8, 4) is 0 Å². The predicted molar refractivity (Wildman–Crippen MR) is 49.3 cm³/mol. The van der Waals surface area contributed by atoms with Crippen LogP contribution in [0.25, 0.3) is 0 Å². The fourth-order valence-corrected chi connectivity index (χ4v) is 1.83. The van der Waals surface area contributed by atoms with Crippen LogP contribution in [-0.2, 0) is 6.54 Å². The average molecular weight is 245 g/mol. The quantitative estimate of drug-likeness (QED) is 0.724. The standard InChI is InChI=1S/C7H9BrN4O/c1-2-11-3-4-12-5(6(11)13)9-10-7(12)8/h2-4H2,1H3. The molecule has 0 N–H and O–H groups in total. The Balaban J connectivity index is 2.40. The first-order valence-corrected chi connectivity index (χ1v) is 4.91. The minimum absolute atomic E-state index is 0.0352. The normalized spacial score (nSPS) is 16.2. The molecular weight excluding hydrogens is 236 g/mol. The van der Waals surface area contributed by atoms with E-state index in [1.807, 2.05) is 6.92 Å². The van der Waals surface area contributed by atoms with Crippen molar-refractivity contribution in [2.45, 2.75) is 13.5 Å². The summed E-state index contributed by atoms with van der Waals surface area (Å²) in [4.78, 5) is 13.4. The van der Waals surface area contributed by atoms with Gasteiger partial charge in [0, 0.05) is 19.6 Å². The van der Waals surface area contributed by atoms with Gasteiger partial charge in [0.15, 0.2) is 0 Å². The number of carbonyl (C=O) groups excluding carboxylic acids is 1. The molecule has 0 atom stereocenters. The maximum absolute atomic E-state index is 11.6. The monoisotopic (exact) mass is 244 g/mol. The highest BCUT2D eigenvalue weighted by Gasteiger charge is 2.26. The van der Waals surface area contributed by atoms with Crippen molar-refractivity contribution >= 4 is 21.8 Å². The van der Waals surface area contributed by atoms with E-state index >= 15 is 0 Å². The second-order valence-electron chi connectivity index (χ2n) is 2.83. The van der Waals surface area contributed by atoms with Crippen molar-refractivity contribution < 1.29 is 4.79 Å². The largest absolute Gasteiger partial charge is 0.334 e. The van der Waals surface area contributed by atoms with Gasteiger partial charge in [0.2, 0.25) is 10.6 Å². The highest BCUT2D eigenvalue weighted by molar-refractivity contribution is 9.10. The minimum Gasteiger partial charge on any atom is -0.334 e. The number of amides is 1. The third kappa shape index (κ3) is 1.25. The van der Waals surface area contributed by atoms with E-state index < -0.39 is 0 Å². The summed E-state index contributed by atoms with van der Waals surface area (Å²) in [5.74, 6) is 0.395. The summed E-state index contributed by atoms with van der Waals surface area (Å²) < 4.78 is 2.42. The minimum atomic E-state index is -0.0352. The van der Waals surface area contributed by atoms with Gasteiger partial charge in [-0.1, -0.05) is 0 Å². The Morgan fingerprint density at radius 1 is 1.46 bits per heavy atom. The Hall–Kier alpha value is -0.910. The third-order valence-electron chi connectivity index (χ3n) is 2.16. The van der Waals surface area contributed by atoms with Crippen LogP contribution in [0.15, 0.2) is 4.73 Å². The van der Waals surface area contributed by atoms with Gasteiger partial charge in [0.1, 0.15) is 0 Å². The first kappa shape index (κ1) is 8.68. The zero-order chi connectivity index (χ0) is 9.42. The molecule has 0 fully saturated rings. The van der Waals surface area contributed by atoms with Crippen LogP contribution in [0, 0.1) is 0 Å². The van der Waals surface area contributed by atoms with Crippen LogP contribution in [0.5, 0.6) is 0 Å². The fourth-order valence-electron chi connectivity index (χ4n) is 1.41. The van der Waals surface area contributed by atoms with E-state index in [4.69, 9.17) is 0 Å². The molecule has 0 saturated heterocycles. The molecule has 70 valence electrons. The molecule has 0 saturated carbocycles. The van der Waals surface area contributed by atoms with Gasteiger partial charge in [-0.3, -0.25) is 9.36 Å². The highest BCUT2D eigenvalue weighted by Crippen LogP contribution is 2.15. The molecule has 0 aliphatic carbocycles. The van der Waals surface area contributed by atoms with Crippen LogP contribution < -0.4 is 0 Å². The summed E-state index contributed by atoms with van der Waals surface area (Å²) in [6.45, 7) is 4.18. The van der Waals surface area contributed by atoms with Gasteiger partial charge in [-0.15, -0.1) is 10.2 Å². The molecule has 1 aromatic heterocycles. The van der Waals surface area contributed by atoms with Gasteiger partial charge in [-0.25, -0.2) is 0 Å². The van der Waals surface area contributed by atoms with E-state index in [2.05, 4.69) is 26.1 Å². The molecule has 0 spiro atoms. The van der Waals surface area contributed by atoms with E-state index in [1.54, 1.807) is 9.47 Å². The lowest BCUT2D eigenvalue weighted by atomic mass is 10.3. The first-order valence-electron chi connectivity index (χ1n) is 4.12. The van der Waals surface area contributed by atoms with Gasteiger partial charge in [-0.2, -0.15) is 0 Å². The number of aromatic nitrogens is 3. The fraction of sp³-hybridized carbons (Fsp3) is 0.571. The van der Waals surface area contributed by atoms with Crippen LogP contribution in [0.1, 0.15) is 17.5 Å². The van der Waals surface area contributed by atoms with Crippen LogP contribution >= 0.6 is 15.9 Å². The molecule has 6 heteroatoms. The van der Waals surface area contributed by atoms with E-state index in [0.717, 1.165) is 19.6 Å². The summed E-state index contributed by atoms with van der Waals surface area (Å²) in [7, 11) is 0. The first-order chi connectivity index (χ1) is 6.24. The SMILES string of the molecule is CCN1CCn2c(Br)nnc2C1=O. The Bertz CT molecular complexity index is 348. The number of hydrogen-bond acceptors (Lipinski definition) is 3. The van der Waals surface area contributed by atoms with Crippen LogP contribution in [0.2, 0.25) is 0 Å². The van der Waals surface area contributed by atoms with Crippen LogP contribution in [0.4, 0.5) is 0 Å². The third-order valence-corrected chi connectivity index (χ3v) is 2.75. The highest BCUT2D eigenvalue weighted by atomic mass is 79.9. The summed E-state index contributed by atoms with van der Waals surface area (Å²) in [6.07, 6.45) is 0. The molecule has 1 amide bonds. The molecule has 0 radical (unpaired) electrons. The number of rotatable bonds is 1. The lowest BCUT2D eigenvalue weighted by molar-refractivity contribution is 0.0706. The Kier molecular flexibility index (Phi) is 2.07. The van der Waals surface area contributed by atoms with Crippen molar-refractivity contribution in [2.24, 2.45) is 0 Å². The van der Waals surface area contributed by atoms with Crippen molar-refractivity contribution in [1.29, 1.82) is 0 Å². The lowest BCUT2D eigenvalue weighted by Crippen LogP contribution is -2.40. The molecule has 0 aromatic carbocycles. The number of nitrogens with zero attached hydrogens (tertiary/aromatic N) is 4. The number of hydrogen-bond donors (Lipinski definition) is 0. The smallest absolute Gasteiger partial charge is 0.291 e. The topological polar surface area (TPSA) is 51.0 Å². The molecule has 2 heterocycles. The number of likely N-dealkylation sites (N-methyl/N-ethyl adjacent to an activating group) is 1. The van der Waals surface area contributed by atoms with E-state index in [-0.39, 0.29) is 5.91 Å². The number of halogens is 1. The second kappa shape index (κ2) is 3.10. The summed E-state index contributed by atoms with van der Waals surface area (Å²) >= 11 is 3.24. The maximum Gasteiger partial charge on any atom is 0.291 e. The van der Waals surface area contributed by atoms with Gasteiger partial charge < -0.3 is 4.90 Å². The Morgan fingerprint density at radius 2 is 2.23 bits per heavy atom. The average Bonchev–Trinajstić information content (AvgIpc) is 2.50. The van der Waals surface area contributed by atoms with Gasteiger partial charge in [-0.05, 0) is 22.9 Å². The summed E-state index contributed by atoms with van der Waals surface area (Å²) in [5.41, 5.74) is 0.